The zero-order valence-corrected chi connectivity index (χ0v) is 10.7. The highest BCUT2D eigenvalue weighted by atomic mass is 32.2. The molecular formula is C10H14N2O5S. The van der Waals surface area contributed by atoms with E-state index in [1.54, 1.807) is 0 Å². The molecule has 1 aliphatic rings. The SMILES string of the molecule is Cc1oc(C(=O)[O-])cc1S(=O)(=O)N1CC[NH2+]CC1. The molecule has 1 aliphatic heterocycles. The van der Waals surface area contributed by atoms with Crippen LogP contribution in [-0.4, -0.2) is 44.9 Å². The Balaban J connectivity index is 2.37. The molecule has 7 nitrogen and oxygen atoms in total. The van der Waals surface area contributed by atoms with Crippen LogP contribution in [0.1, 0.15) is 16.3 Å². The summed E-state index contributed by atoms with van der Waals surface area (Å²) in [5.41, 5.74) is 0. The van der Waals surface area contributed by atoms with Gasteiger partial charge in [0.05, 0.1) is 26.2 Å². The summed E-state index contributed by atoms with van der Waals surface area (Å²) >= 11 is 0. The maximum atomic E-state index is 12.3. The molecule has 0 atom stereocenters. The number of nitrogens with zero attached hydrogens (tertiary/aromatic N) is 1. The third-order valence-corrected chi connectivity index (χ3v) is 4.86. The lowest BCUT2D eigenvalue weighted by Crippen LogP contribution is -2.89. The number of carbonyl (C=O) groups is 1. The number of aryl methyl sites for hydroxylation is 1. The first-order valence-corrected chi connectivity index (χ1v) is 7.00. The third kappa shape index (κ3) is 2.26. The number of sulfonamides is 1. The van der Waals surface area contributed by atoms with Crippen molar-refractivity contribution in [1.82, 2.24) is 4.31 Å². The van der Waals surface area contributed by atoms with Crippen LogP contribution >= 0.6 is 0 Å². The smallest absolute Gasteiger partial charge is 0.246 e. The zero-order valence-electron chi connectivity index (χ0n) is 9.88. The van der Waals surface area contributed by atoms with Crippen LogP contribution in [0.15, 0.2) is 15.4 Å². The summed E-state index contributed by atoms with van der Waals surface area (Å²) in [5, 5.41) is 12.7. The largest absolute Gasteiger partial charge is 0.542 e. The van der Waals surface area contributed by atoms with E-state index in [9.17, 15) is 18.3 Å². The minimum Gasteiger partial charge on any atom is -0.542 e. The standard InChI is InChI=1S/C10H14N2O5S/c1-7-9(6-8(17-7)10(13)14)18(15,16)12-4-2-11-3-5-12/h6,11H,2-5H2,1H3,(H,13,14). The molecule has 0 spiro atoms. The van der Waals surface area contributed by atoms with Crippen molar-refractivity contribution in [3.8, 4) is 0 Å². The quantitative estimate of drug-likeness (QED) is 0.656. The number of hydrogen-bond acceptors (Lipinski definition) is 5. The van der Waals surface area contributed by atoms with E-state index < -0.39 is 21.8 Å². The summed E-state index contributed by atoms with van der Waals surface area (Å²) in [5.74, 6) is -1.91. The van der Waals surface area contributed by atoms with Gasteiger partial charge in [0, 0.05) is 6.07 Å². The van der Waals surface area contributed by atoms with Crippen LogP contribution in [0.5, 0.6) is 0 Å². The van der Waals surface area contributed by atoms with Crippen LogP contribution in [0.25, 0.3) is 0 Å². The number of nitrogens with two attached hydrogens (primary N) is 1. The van der Waals surface area contributed by atoms with E-state index >= 15 is 0 Å². The molecule has 1 fully saturated rings. The number of carbonyl (C=O) groups excluding carboxylic acids is 1. The predicted octanol–water partition coefficient (Wildman–Crippen LogP) is -2.48. The lowest BCUT2D eigenvalue weighted by molar-refractivity contribution is -0.661. The first-order valence-electron chi connectivity index (χ1n) is 5.56. The van der Waals surface area contributed by atoms with Gasteiger partial charge in [-0.1, -0.05) is 0 Å². The lowest BCUT2D eigenvalue weighted by atomic mass is 10.4. The Morgan fingerprint density at radius 1 is 1.44 bits per heavy atom. The molecule has 0 aliphatic carbocycles. The fraction of sp³-hybridized carbons (Fsp3) is 0.500. The topological polar surface area (TPSA) is 107 Å². The van der Waals surface area contributed by atoms with E-state index in [2.05, 4.69) is 0 Å². The van der Waals surface area contributed by atoms with Gasteiger partial charge in [-0.15, -0.1) is 0 Å². The molecule has 0 aromatic carbocycles. The number of quaternary nitrogens is 1. The fourth-order valence-corrected chi connectivity index (χ4v) is 3.56. The molecule has 2 heterocycles. The number of piperazine rings is 1. The Kier molecular flexibility index (Phi) is 3.42. The monoisotopic (exact) mass is 274 g/mol. The molecule has 2 rings (SSSR count). The number of furan rings is 1. The van der Waals surface area contributed by atoms with Gasteiger partial charge in [0.1, 0.15) is 16.6 Å². The Morgan fingerprint density at radius 3 is 2.56 bits per heavy atom. The molecule has 8 heteroatoms. The third-order valence-electron chi connectivity index (χ3n) is 2.86. The van der Waals surface area contributed by atoms with Crippen LogP contribution in [0.2, 0.25) is 0 Å². The Hall–Kier alpha value is -1.38. The average molecular weight is 274 g/mol. The molecular weight excluding hydrogens is 260 g/mol. The predicted molar refractivity (Wildman–Crippen MR) is 58.2 cm³/mol. The molecule has 2 N–H and O–H groups in total. The van der Waals surface area contributed by atoms with Crippen LogP contribution in [-0.2, 0) is 10.0 Å². The van der Waals surface area contributed by atoms with Gasteiger partial charge >= 0.3 is 0 Å². The Bertz CT molecular complexity index is 557. The highest BCUT2D eigenvalue weighted by molar-refractivity contribution is 7.89. The molecule has 0 amide bonds. The molecule has 0 saturated carbocycles. The second-order valence-corrected chi connectivity index (χ2v) is 6.00. The number of hydrogen-bond donors (Lipinski definition) is 1. The average Bonchev–Trinajstić information content (AvgIpc) is 2.73. The second kappa shape index (κ2) is 4.71. The van der Waals surface area contributed by atoms with Gasteiger partial charge in [-0.05, 0) is 6.92 Å². The minimum absolute atomic E-state index is 0.0729. The van der Waals surface area contributed by atoms with Crippen molar-refractivity contribution in [2.45, 2.75) is 11.8 Å². The van der Waals surface area contributed by atoms with E-state index in [0.29, 0.717) is 26.2 Å². The molecule has 0 radical (unpaired) electrons. The molecule has 0 unspecified atom stereocenters. The normalized spacial score (nSPS) is 17.8. The highest BCUT2D eigenvalue weighted by Gasteiger charge is 2.30. The first kappa shape index (κ1) is 13.1. The highest BCUT2D eigenvalue weighted by Crippen LogP contribution is 2.23. The summed E-state index contributed by atoms with van der Waals surface area (Å²) in [6.07, 6.45) is 0. The molecule has 100 valence electrons. The van der Waals surface area contributed by atoms with E-state index in [-0.39, 0.29) is 10.7 Å². The van der Waals surface area contributed by atoms with Gasteiger partial charge in [-0.2, -0.15) is 4.31 Å². The van der Waals surface area contributed by atoms with E-state index in [1.165, 1.54) is 11.2 Å². The summed E-state index contributed by atoms with van der Waals surface area (Å²) in [4.78, 5) is 10.6. The summed E-state index contributed by atoms with van der Waals surface area (Å²) in [6, 6.07) is 1.01. The molecule has 1 saturated heterocycles. The maximum absolute atomic E-state index is 12.3. The van der Waals surface area contributed by atoms with Crippen molar-refractivity contribution < 1.29 is 28.1 Å². The summed E-state index contributed by atoms with van der Waals surface area (Å²) in [6.45, 7) is 3.64. The fourth-order valence-electron chi connectivity index (χ4n) is 1.93. The van der Waals surface area contributed by atoms with Crippen LogP contribution < -0.4 is 10.4 Å². The molecule has 1 aromatic rings. The molecule has 1 aromatic heterocycles. The van der Waals surface area contributed by atoms with Crippen molar-refractivity contribution in [2.75, 3.05) is 26.2 Å². The van der Waals surface area contributed by atoms with Crippen molar-refractivity contribution in [3.05, 3.63) is 17.6 Å². The second-order valence-electron chi connectivity index (χ2n) is 4.09. The first-order chi connectivity index (χ1) is 8.43. The van der Waals surface area contributed by atoms with Crippen LogP contribution in [0.4, 0.5) is 0 Å². The molecule has 0 bridgehead atoms. The van der Waals surface area contributed by atoms with Gasteiger partial charge in [0.15, 0.2) is 5.76 Å². The summed E-state index contributed by atoms with van der Waals surface area (Å²) in [7, 11) is -3.68. The van der Waals surface area contributed by atoms with Gasteiger partial charge in [0.2, 0.25) is 10.0 Å². The van der Waals surface area contributed by atoms with Crippen LogP contribution in [0, 0.1) is 6.92 Å². The van der Waals surface area contributed by atoms with Gasteiger partial charge < -0.3 is 19.6 Å². The maximum Gasteiger partial charge on any atom is 0.246 e. The van der Waals surface area contributed by atoms with Crippen LogP contribution in [0.3, 0.4) is 0 Å². The zero-order chi connectivity index (χ0) is 13.3. The van der Waals surface area contributed by atoms with Crippen molar-refractivity contribution in [3.63, 3.8) is 0 Å². The van der Waals surface area contributed by atoms with Gasteiger partial charge in [0.25, 0.3) is 0 Å². The lowest BCUT2D eigenvalue weighted by Gasteiger charge is -2.24. The Labute approximate surface area is 104 Å². The van der Waals surface area contributed by atoms with E-state index in [1.807, 2.05) is 5.32 Å². The van der Waals surface area contributed by atoms with E-state index in [0.717, 1.165) is 6.07 Å². The van der Waals surface area contributed by atoms with Crippen molar-refractivity contribution in [1.29, 1.82) is 0 Å². The molecule has 18 heavy (non-hydrogen) atoms. The van der Waals surface area contributed by atoms with Gasteiger partial charge in [-0.25, -0.2) is 8.42 Å². The number of aromatic carboxylic acids is 1. The van der Waals surface area contributed by atoms with Crippen molar-refractivity contribution >= 4 is 16.0 Å². The number of carboxylic acid groups (broad SMARTS) is 1. The van der Waals surface area contributed by atoms with Crippen molar-refractivity contribution in [2.24, 2.45) is 0 Å². The minimum atomic E-state index is -3.68. The summed E-state index contributed by atoms with van der Waals surface area (Å²) < 4.78 is 30.8. The number of carboxylic acids is 1. The van der Waals surface area contributed by atoms with E-state index in [4.69, 9.17) is 4.42 Å². The number of rotatable bonds is 3. The Morgan fingerprint density at radius 2 is 2.06 bits per heavy atom. The van der Waals surface area contributed by atoms with Gasteiger partial charge in [-0.3, -0.25) is 0 Å².